The molecular formula is C15H24N2S. The highest BCUT2D eigenvalue weighted by molar-refractivity contribution is 7.12. The standard InChI is InChI=1S/C15H24N2S/c1-15(2)8-6-10(7-9-15)14-17-12-5-3-4-11(16)13(12)18-14/h10-11H,3-9,16H2,1-2H3. The molecule has 100 valence electrons. The summed E-state index contributed by atoms with van der Waals surface area (Å²) >= 11 is 1.91. The minimum atomic E-state index is 0.264. The lowest BCUT2D eigenvalue weighted by atomic mass is 9.73. The fourth-order valence-corrected chi connectivity index (χ4v) is 4.61. The fraction of sp³-hybridized carbons (Fsp3) is 0.800. The molecule has 2 aliphatic rings. The van der Waals surface area contributed by atoms with Crippen molar-refractivity contribution in [2.45, 2.75) is 70.8 Å². The number of rotatable bonds is 1. The van der Waals surface area contributed by atoms with Crippen LogP contribution in [0.4, 0.5) is 0 Å². The fourth-order valence-electron chi connectivity index (χ4n) is 3.29. The second-order valence-electron chi connectivity index (χ2n) is 6.80. The van der Waals surface area contributed by atoms with Gasteiger partial charge in [-0.05, 0) is 50.4 Å². The lowest BCUT2D eigenvalue weighted by Gasteiger charge is -2.33. The zero-order chi connectivity index (χ0) is 12.8. The predicted molar refractivity (Wildman–Crippen MR) is 77.0 cm³/mol. The van der Waals surface area contributed by atoms with E-state index >= 15 is 0 Å². The van der Waals surface area contributed by atoms with Gasteiger partial charge < -0.3 is 5.73 Å². The van der Waals surface area contributed by atoms with Gasteiger partial charge in [-0.25, -0.2) is 4.98 Å². The third-order valence-electron chi connectivity index (χ3n) is 4.70. The van der Waals surface area contributed by atoms with Crippen molar-refractivity contribution < 1.29 is 0 Å². The molecule has 0 spiro atoms. The van der Waals surface area contributed by atoms with Crippen LogP contribution in [-0.4, -0.2) is 4.98 Å². The van der Waals surface area contributed by atoms with Gasteiger partial charge in [0.25, 0.3) is 0 Å². The van der Waals surface area contributed by atoms with Crippen molar-refractivity contribution in [3.05, 3.63) is 15.6 Å². The second kappa shape index (κ2) is 4.61. The van der Waals surface area contributed by atoms with Gasteiger partial charge >= 0.3 is 0 Å². The van der Waals surface area contributed by atoms with Gasteiger partial charge in [-0.1, -0.05) is 13.8 Å². The number of nitrogens with two attached hydrogens (primary N) is 1. The van der Waals surface area contributed by atoms with Gasteiger partial charge in [-0.15, -0.1) is 11.3 Å². The third-order valence-corrected chi connectivity index (χ3v) is 6.09. The molecule has 1 atom stereocenters. The molecule has 2 N–H and O–H groups in total. The molecular weight excluding hydrogens is 240 g/mol. The Kier molecular flexibility index (Phi) is 3.23. The molecule has 18 heavy (non-hydrogen) atoms. The van der Waals surface area contributed by atoms with Crippen LogP contribution in [0.2, 0.25) is 0 Å². The van der Waals surface area contributed by atoms with Crippen LogP contribution in [0.15, 0.2) is 0 Å². The van der Waals surface area contributed by atoms with E-state index in [0.29, 0.717) is 11.3 Å². The minimum Gasteiger partial charge on any atom is -0.323 e. The Bertz CT molecular complexity index is 426. The molecule has 0 bridgehead atoms. The van der Waals surface area contributed by atoms with Crippen molar-refractivity contribution in [1.29, 1.82) is 0 Å². The summed E-state index contributed by atoms with van der Waals surface area (Å²) in [5.41, 5.74) is 8.07. The van der Waals surface area contributed by atoms with E-state index in [0.717, 1.165) is 12.8 Å². The lowest BCUT2D eigenvalue weighted by molar-refractivity contribution is 0.224. The molecule has 3 heteroatoms. The Morgan fingerprint density at radius 2 is 1.94 bits per heavy atom. The molecule has 1 heterocycles. The summed E-state index contributed by atoms with van der Waals surface area (Å²) in [5.74, 6) is 0.709. The Morgan fingerprint density at radius 1 is 1.22 bits per heavy atom. The minimum absolute atomic E-state index is 0.264. The molecule has 0 amide bonds. The van der Waals surface area contributed by atoms with Crippen molar-refractivity contribution >= 4 is 11.3 Å². The van der Waals surface area contributed by atoms with Gasteiger partial charge in [0, 0.05) is 16.8 Å². The summed E-state index contributed by atoms with van der Waals surface area (Å²) in [6, 6.07) is 0.264. The Hall–Kier alpha value is -0.410. The van der Waals surface area contributed by atoms with Crippen molar-refractivity contribution in [1.82, 2.24) is 4.98 Å². The first kappa shape index (κ1) is 12.6. The summed E-state index contributed by atoms with van der Waals surface area (Å²) in [4.78, 5) is 6.30. The van der Waals surface area contributed by atoms with E-state index in [2.05, 4.69) is 13.8 Å². The molecule has 2 aliphatic carbocycles. The van der Waals surface area contributed by atoms with E-state index in [-0.39, 0.29) is 6.04 Å². The lowest BCUT2D eigenvalue weighted by Crippen LogP contribution is -2.20. The number of aromatic nitrogens is 1. The third kappa shape index (κ3) is 2.35. The first-order valence-electron chi connectivity index (χ1n) is 7.30. The van der Waals surface area contributed by atoms with Crippen molar-refractivity contribution in [2.75, 3.05) is 0 Å². The molecule has 0 radical (unpaired) electrons. The molecule has 0 saturated heterocycles. The average Bonchev–Trinajstić information content (AvgIpc) is 2.74. The highest BCUT2D eigenvalue weighted by Crippen LogP contribution is 2.45. The van der Waals surface area contributed by atoms with Gasteiger partial charge in [0.2, 0.25) is 0 Å². The van der Waals surface area contributed by atoms with E-state index in [1.54, 1.807) is 0 Å². The van der Waals surface area contributed by atoms with Crippen LogP contribution in [0.3, 0.4) is 0 Å². The van der Waals surface area contributed by atoms with E-state index in [1.807, 2.05) is 11.3 Å². The van der Waals surface area contributed by atoms with Gasteiger partial charge in [-0.2, -0.15) is 0 Å². The van der Waals surface area contributed by atoms with Crippen molar-refractivity contribution in [3.63, 3.8) is 0 Å². The van der Waals surface area contributed by atoms with Crippen LogP contribution in [0, 0.1) is 5.41 Å². The van der Waals surface area contributed by atoms with Crippen molar-refractivity contribution in [2.24, 2.45) is 11.1 Å². The molecule has 0 aliphatic heterocycles. The normalized spacial score (nSPS) is 28.1. The maximum absolute atomic E-state index is 6.20. The molecule has 3 rings (SSSR count). The molecule has 0 aromatic carbocycles. The monoisotopic (exact) mass is 264 g/mol. The smallest absolute Gasteiger partial charge is 0.0962 e. The molecule has 1 unspecified atom stereocenters. The van der Waals surface area contributed by atoms with Crippen molar-refractivity contribution in [3.8, 4) is 0 Å². The number of hydrogen-bond donors (Lipinski definition) is 1. The Morgan fingerprint density at radius 3 is 2.61 bits per heavy atom. The Balaban J connectivity index is 1.78. The van der Waals surface area contributed by atoms with E-state index < -0.39 is 0 Å². The van der Waals surface area contributed by atoms with Gasteiger partial charge in [0.1, 0.15) is 0 Å². The van der Waals surface area contributed by atoms with Crippen LogP contribution in [0.1, 0.15) is 79.9 Å². The second-order valence-corrected chi connectivity index (χ2v) is 7.86. The summed E-state index contributed by atoms with van der Waals surface area (Å²) in [7, 11) is 0. The summed E-state index contributed by atoms with van der Waals surface area (Å²) < 4.78 is 0. The average molecular weight is 264 g/mol. The topological polar surface area (TPSA) is 38.9 Å². The molecule has 2 nitrogen and oxygen atoms in total. The molecule has 1 fully saturated rings. The van der Waals surface area contributed by atoms with Crippen LogP contribution >= 0.6 is 11.3 Å². The number of aryl methyl sites for hydroxylation is 1. The molecule has 1 aromatic rings. The highest BCUT2D eigenvalue weighted by Gasteiger charge is 2.31. The maximum Gasteiger partial charge on any atom is 0.0962 e. The highest BCUT2D eigenvalue weighted by atomic mass is 32.1. The number of nitrogens with zero attached hydrogens (tertiary/aromatic N) is 1. The van der Waals surface area contributed by atoms with E-state index in [9.17, 15) is 0 Å². The largest absolute Gasteiger partial charge is 0.323 e. The molecule has 1 aromatic heterocycles. The Labute approximate surface area is 114 Å². The SMILES string of the molecule is CC1(C)CCC(c2nc3c(s2)C(N)CCC3)CC1. The van der Waals surface area contributed by atoms with Gasteiger partial charge in [0.15, 0.2) is 0 Å². The van der Waals surface area contributed by atoms with Crippen LogP contribution < -0.4 is 5.73 Å². The number of thiazole rings is 1. The van der Waals surface area contributed by atoms with E-state index in [4.69, 9.17) is 10.7 Å². The number of fused-ring (bicyclic) bond motifs is 1. The van der Waals surface area contributed by atoms with Gasteiger partial charge in [-0.3, -0.25) is 0 Å². The summed E-state index contributed by atoms with van der Waals surface area (Å²) in [6.45, 7) is 4.79. The van der Waals surface area contributed by atoms with Crippen LogP contribution in [-0.2, 0) is 6.42 Å². The zero-order valence-corrected chi connectivity index (χ0v) is 12.4. The van der Waals surface area contributed by atoms with E-state index in [1.165, 1.54) is 47.7 Å². The first-order valence-corrected chi connectivity index (χ1v) is 8.12. The zero-order valence-electron chi connectivity index (χ0n) is 11.5. The summed E-state index contributed by atoms with van der Waals surface area (Å²) in [6.07, 6.45) is 8.82. The van der Waals surface area contributed by atoms with Gasteiger partial charge in [0.05, 0.1) is 10.7 Å². The first-order chi connectivity index (χ1) is 8.55. The van der Waals surface area contributed by atoms with Crippen LogP contribution in [0.25, 0.3) is 0 Å². The maximum atomic E-state index is 6.20. The number of hydrogen-bond acceptors (Lipinski definition) is 3. The molecule has 1 saturated carbocycles. The summed E-state index contributed by atoms with van der Waals surface area (Å²) in [5, 5.41) is 1.38. The predicted octanol–water partition coefficient (Wildman–Crippen LogP) is 4.16. The van der Waals surface area contributed by atoms with Crippen LogP contribution in [0.5, 0.6) is 0 Å². The quantitative estimate of drug-likeness (QED) is 0.827.